The van der Waals surface area contributed by atoms with Crippen LogP contribution in [0, 0.1) is 0 Å². The first-order chi connectivity index (χ1) is 14.4. The Hall–Kier alpha value is -0.980. The van der Waals surface area contributed by atoms with Gasteiger partial charge in [0.05, 0.1) is 46.2 Å². The first-order valence-corrected chi connectivity index (χ1v) is 11.4. The molecule has 168 valence electrons. The maximum atomic E-state index is 9.38. The van der Waals surface area contributed by atoms with Crippen molar-refractivity contribution in [1.29, 1.82) is 0 Å². The van der Waals surface area contributed by atoms with Crippen LogP contribution < -0.4 is 0 Å². The molecule has 0 aliphatic carbocycles. The summed E-state index contributed by atoms with van der Waals surface area (Å²) in [5.74, 6) is 0. The lowest BCUT2D eigenvalue weighted by atomic mass is 10.1. The second-order valence-electron chi connectivity index (χ2n) is 7.38. The fourth-order valence-corrected chi connectivity index (χ4v) is 2.93. The zero-order valence-electron chi connectivity index (χ0n) is 18.4. The smallest absolute Gasteiger partial charge is 0.104 e. The van der Waals surface area contributed by atoms with Crippen molar-refractivity contribution in [3.63, 3.8) is 0 Å². The van der Waals surface area contributed by atoms with Gasteiger partial charge >= 0.3 is 0 Å². The van der Waals surface area contributed by atoms with Crippen LogP contribution in [0.25, 0.3) is 0 Å². The molecule has 0 heterocycles. The molecule has 0 bridgehead atoms. The van der Waals surface area contributed by atoms with E-state index in [0.29, 0.717) is 39.6 Å². The van der Waals surface area contributed by atoms with Crippen molar-refractivity contribution in [3.05, 3.63) is 35.9 Å². The Bertz CT molecular complexity index is 440. The maximum absolute atomic E-state index is 9.38. The predicted octanol–water partition coefficient (Wildman–Crippen LogP) is 4.75. The molecule has 0 aliphatic heterocycles. The lowest BCUT2D eigenvalue weighted by molar-refractivity contribution is -0.0607. The van der Waals surface area contributed by atoms with Crippen molar-refractivity contribution >= 4 is 0 Å². The fourth-order valence-electron chi connectivity index (χ4n) is 2.93. The second kappa shape index (κ2) is 20.3. The third-order valence-electron chi connectivity index (χ3n) is 4.72. The van der Waals surface area contributed by atoms with Gasteiger partial charge in [0.2, 0.25) is 0 Å². The van der Waals surface area contributed by atoms with Gasteiger partial charge in [0.15, 0.2) is 0 Å². The maximum Gasteiger partial charge on any atom is 0.104 e. The Balaban J connectivity index is 1.81. The van der Waals surface area contributed by atoms with Crippen LogP contribution in [0.2, 0.25) is 0 Å². The number of ether oxygens (including phenoxy) is 4. The summed E-state index contributed by atoms with van der Waals surface area (Å²) in [6.07, 6.45) is 10.2. The first kappa shape index (κ1) is 26.1. The molecular weight excluding hydrogens is 368 g/mol. The van der Waals surface area contributed by atoms with Crippen LogP contribution in [-0.4, -0.2) is 57.5 Å². The molecule has 0 aromatic heterocycles. The number of hydrogen-bond donors (Lipinski definition) is 1. The van der Waals surface area contributed by atoms with E-state index in [1.807, 2.05) is 30.3 Å². The van der Waals surface area contributed by atoms with E-state index < -0.39 is 0 Å². The van der Waals surface area contributed by atoms with Crippen molar-refractivity contribution in [1.82, 2.24) is 0 Å². The summed E-state index contributed by atoms with van der Waals surface area (Å²) in [5.41, 5.74) is 1.08. The van der Waals surface area contributed by atoms with Crippen LogP contribution in [0.5, 0.6) is 0 Å². The molecule has 0 saturated heterocycles. The van der Waals surface area contributed by atoms with Crippen LogP contribution in [0.1, 0.15) is 63.9 Å². The van der Waals surface area contributed by atoms with Gasteiger partial charge in [-0.15, -0.1) is 0 Å². The zero-order chi connectivity index (χ0) is 20.8. The molecule has 0 aliphatic rings. The minimum absolute atomic E-state index is 0.0553. The van der Waals surface area contributed by atoms with Gasteiger partial charge in [0.1, 0.15) is 6.10 Å². The Morgan fingerprint density at radius 3 is 1.97 bits per heavy atom. The highest BCUT2D eigenvalue weighted by Gasteiger charge is 2.08. The molecule has 1 rings (SSSR count). The summed E-state index contributed by atoms with van der Waals surface area (Å²) in [6.45, 7) is 6.10. The monoisotopic (exact) mass is 410 g/mol. The van der Waals surface area contributed by atoms with Crippen LogP contribution in [0.4, 0.5) is 0 Å². The van der Waals surface area contributed by atoms with Crippen LogP contribution in [0.15, 0.2) is 30.3 Å². The SMILES string of the molecule is CCCCCCCCCCOCCOCCOCC(CO)OCc1ccccc1. The van der Waals surface area contributed by atoms with E-state index in [0.717, 1.165) is 18.6 Å². The summed E-state index contributed by atoms with van der Waals surface area (Å²) in [6, 6.07) is 9.91. The molecule has 1 aromatic carbocycles. The average molecular weight is 411 g/mol. The first-order valence-electron chi connectivity index (χ1n) is 11.4. The largest absolute Gasteiger partial charge is 0.394 e. The summed E-state index contributed by atoms with van der Waals surface area (Å²) in [5, 5.41) is 9.38. The van der Waals surface area contributed by atoms with Crippen LogP contribution in [0.3, 0.4) is 0 Å². The molecule has 0 fully saturated rings. The molecule has 5 nitrogen and oxygen atoms in total. The third-order valence-corrected chi connectivity index (χ3v) is 4.72. The van der Waals surface area contributed by atoms with Gasteiger partial charge in [-0.25, -0.2) is 0 Å². The minimum Gasteiger partial charge on any atom is -0.394 e. The number of aliphatic hydroxyl groups is 1. The van der Waals surface area contributed by atoms with Gasteiger partial charge in [-0.2, -0.15) is 0 Å². The lowest BCUT2D eigenvalue weighted by Gasteiger charge is -2.16. The second-order valence-corrected chi connectivity index (χ2v) is 7.38. The van der Waals surface area contributed by atoms with E-state index in [9.17, 15) is 5.11 Å². The van der Waals surface area contributed by atoms with Crippen LogP contribution >= 0.6 is 0 Å². The number of unbranched alkanes of at least 4 members (excludes halogenated alkanes) is 7. The van der Waals surface area contributed by atoms with E-state index in [2.05, 4.69) is 6.92 Å². The summed E-state index contributed by atoms with van der Waals surface area (Å²) < 4.78 is 22.3. The van der Waals surface area contributed by atoms with E-state index in [1.165, 1.54) is 44.9 Å². The number of benzene rings is 1. The third kappa shape index (κ3) is 16.5. The zero-order valence-corrected chi connectivity index (χ0v) is 18.4. The van der Waals surface area contributed by atoms with E-state index >= 15 is 0 Å². The standard InChI is InChI=1S/C24H42O5/c1-2-3-4-5-6-7-8-12-15-26-16-17-27-18-19-28-22-24(20-25)29-21-23-13-10-9-11-14-23/h9-11,13-14,24-25H,2-8,12,15-22H2,1H3. The normalized spacial score (nSPS) is 12.3. The highest BCUT2D eigenvalue weighted by molar-refractivity contribution is 5.13. The Morgan fingerprint density at radius 1 is 0.724 bits per heavy atom. The molecule has 0 amide bonds. The topological polar surface area (TPSA) is 57.2 Å². The molecule has 0 spiro atoms. The van der Waals surface area contributed by atoms with Gasteiger partial charge in [-0.3, -0.25) is 0 Å². The Morgan fingerprint density at radius 2 is 1.31 bits per heavy atom. The molecule has 1 aromatic rings. The fraction of sp³-hybridized carbons (Fsp3) is 0.750. The number of rotatable bonds is 21. The number of hydrogen-bond acceptors (Lipinski definition) is 5. The number of aliphatic hydroxyl groups excluding tert-OH is 1. The predicted molar refractivity (Wildman–Crippen MR) is 117 cm³/mol. The van der Waals surface area contributed by atoms with Crippen molar-refractivity contribution in [2.24, 2.45) is 0 Å². The highest BCUT2D eigenvalue weighted by atomic mass is 16.6. The van der Waals surface area contributed by atoms with Crippen molar-refractivity contribution in [2.45, 2.75) is 71.0 Å². The molecule has 1 N–H and O–H groups in total. The van der Waals surface area contributed by atoms with E-state index in [1.54, 1.807) is 0 Å². The quantitative estimate of drug-likeness (QED) is 0.296. The van der Waals surface area contributed by atoms with E-state index in [-0.39, 0.29) is 12.7 Å². The van der Waals surface area contributed by atoms with E-state index in [4.69, 9.17) is 18.9 Å². The Kier molecular flexibility index (Phi) is 18.2. The van der Waals surface area contributed by atoms with Crippen LogP contribution in [-0.2, 0) is 25.6 Å². The molecule has 29 heavy (non-hydrogen) atoms. The summed E-state index contributed by atoms with van der Waals surface area (Å²) in [7, 11) is 0. The molecule has 5 heteroatoms. The minimum atomic E-state index is -0.315. The average Bonchev–Trinajstić information content (AvgIpc) is 2.76. The molecular formula is C24H42O5. The molecule has 0 saturated carbocycles. The molecule has 0 radical (unpaired) electrons. The molecule has 1 unspecified atom stereocenters. The Labute approximate surface area is 177 Å². The summed E-state index contributed by atoms with van der Waals surface area (Å²) >= 11 is 0. The lowest BCUT2D eigenvalue weighted by Crippen LogP contribution is -2.25. The van der Waals surface area contributed by atoms with Gasteiger partial charge in [-0.1, -0.05) is 82.2 Å². The van der Waals surface area contributed by atoms with Gasteiger partial charge in [-0.05, 0) is 12.0 Å². The summed E-state index contributed by atoms with van der Waals surface area (Å²) in [4.78, 5) is 0. The van der Waals surface area contributed by atoms with Crippen molar-refractivity contribution < 1.29 is 24.1 Å². The highest BCUT2D eigenvalue weighted by Crippen LogP contribution is 2.08. The van der Waals surface area contributed by atoms with Gasteiger partial charge < -0.3 is 24.1 Å². The van der Waals surface area contributed by atoms with Crippen molar-refractivity contribution in [3.8, 4) is 0 Å². The van der Waals surface area contributed by atoms with Gasteiger partial charge in [0.25, 0.3) is 0 Å². The van der Waals surface area contributed by atoms with Crippen molar-refractivity contribution in [2.75, 3.05) is 46.2 Å². The van der Waals surface area contributed by atoms with Gasteiger partial charge in [0, 0.05) is 6.61 Å². The molecule has 1 atom stereocenters.